The second kappa shape index (κ2) is 4.24. The molecule has 1 rings (SSSR count). The van der Waals surface area contributed by atoms with Crippen molar-refractivity contribution < 1.29 is 25.6 Å². The molecule has 2 heteroatoms. The van der Waals surface area contributed by atoms with Crippen LogP contribution in [0.3, 0.4) is 0 Å². The quantitative estimate of drug-likeness (QED) is 0.488. The normalized spacial score (nSPS) is 19.4. The number of alkyl halides is 1. The molecule has 64 valence electrons. The van der Waals surface area contributed by atoms with E-state index in [4.69, 9.17) is 0 Å². The Kier molecular flexibility index (Phi) is 3.55. The molecule has 0 unspecified atom stereocenters. The van der Waals surface area contributed by atoms with Gasteiger partial charge in [0.25, 0.3) is 0 Å². The Labute approximate surface area is 77.8 Å². The fraction of sp³-hybridized carbons (Fsp3) is 0.556. The van der Waals surface area contributed by atoms with Gasteiger partial charge in [0, 0.05) is 0 Å². The van der Waals surface area contributed by atoms with Gasteiger partial charge in [0.2, 0.25) is 0 Å². The predicted octanol–water partition coefficient (Wildman–Crippen LogP) is 0.0165. The Bertz CT molecular complexity index is 204. The van der Waals surface area contributed by atoms with Crippen molar-refractivity contribution in [3.63, 3.8) is 0 Å². The molecule has 0 bridgehead atoms. The van der Waals surface area contributed by atoms with E-state index in [9.17, 15) is 4.39 Å². The van der Waals surface area contributed by atoms with Crippen LogP contribution in [0.25, 0.3) is 0 Å². The van der Waals surface area contributed by atoms with Gasteiger partial charge in [0.05, 0.1) is 0 Å². The minimum absolute atomic E-state index is 0.00464. The minimum atomic E-state index is -0.00464. The summed E-state index contributed by atoms with van der Waals surface area (Å²) in [6.07, 6.45) is 3.92. The number of hydrogen-bond donors (Lipinski definition) is 0. The van der Waals surface area contributed by atoms with Gasteiger partial charge in [-0.2, -0.15) is 0 Å². The first kappa shape index (κ1) is 9.23. The fourth-order valence-electron chi connectivity index (χ4n) is 1.09. The number of allylic oxidation sites excluding steroid dienone is 4. The molecule has 0 aromatic rings. The molecule has 1 aliphatic heterocycles. The van der Waals surface area contributed by atoms with Crippen LogP contribution in [0.2, 0.25) is 0 Å². The van der Waals surface area contributed by atoms with E-state index in [-0.39, 0.29) is 27.0 Å². The average molecular weight is 267 g/mol. The average Bonchev–Trinajstić information content (AvgIpc) is 1.98. The van der Waals surface area contributed by atoms with Crippen LogP contribution in [-0.4, -0.2) is 4.43 Å². The van der Waals surface area contributed by atoms with Crippen molar-refractivity contribution >= 4 is 0 Å². The van der Waals surface area contributed by atoms with Gasteiger partial charge in [-0.1, -0.05) is 0 Å². The molecule has 0 atom stereocenters. The Morgan fingerprint density at radius 2 is 2.36 bits per heavy atom. The third-order valence-corrected chi connectivity index (χ3v) is 4.63. The van der Waals surface area contributed by atoms with E-state index in [0.717, 1.165) is 17.3 Å². The Balaban J connectivity index is 2.71. The first-order chi connectivity index (χ1) is 5.24. The number of hydrogen-bond acceptors (Lipinski definition) is 0. The Morgan fingerprint density at radius 1 is 1.64 bits per heavy atom. The summed E-state index contributed by atoms with van der Waals surface area (Å²) in [4.78, 5) is 0. The van der Waals surface area contributed by atoms with Crippen LogP contribution in [-0.2, 0) is 0 Å². The summed E-state index contributed by atoms with van der Waals surface area (Å²) in [5.74, 6) is 0.104. The second-order valence-electron chi connectivity index (χ2n) is 2.67. The van der Waals surface area contributed by atoms with Crippen LogP contribution >= 0.6 is 0 Å². The van der Waals surface area contributed by atoms with E-state index >= 15 is 0 Å². The summed E-state index contributed by atoms with van der Waals surface area (Å²) in [7, 11) is 0. The van der Waals surface area contributed by atoms with E-state index in [0.29, 0.717) is 0 Å². The predicted molar refractivity (Wildman–Crippen MR) is 41.7 cm³/mol. The van der Waals surface area contributed by atoms with Gasteiger partial charge in [0.1, 0.15) is 0 Å². The van der Waals surface area contributed by atoms with Crippen LogP contribution < -0.4 is 21.2 Å². The Hall–Kier alpha value is 0.140. The summed E-state index contributed by atoms with van der Waals surface area (Å²) in [6, 6.07) is 0. The summed E-state index contributed by atoms with van der Waals surface area (Å²) in [5, 5.41) is 0. The van der Waals surface area contributed by atoms with Crippen LogP contribution in [0.4, 0.5) is 4.39 Å². The molecule has 0 aliphatic carbocycles. The van der Waals surface area contributed by atoms with Crippen LogP contribution in [0.1, 0.15) is 26.7 Å². The molecule has 1 aliphatic rings. The van der Waals surface area contributed by atoms with E-state index in [1.807, 2.05) is 0 Å². The van der Waals surface area contributed by atoms with Crippen molar-refractivity contribution in [2.45, 2.75) is 26.7 Å². The van der Waals surface area contributed by atoms with Crippen LogP contribution in [0.5, 0.6) is 0 Å². The zero-order chi connectivity index (χ0) is 8.27. The molecule has 0 radical (unpaired) electrons. The SMILES string of the molecule is CCCC1=C(C)[I-]CC(F)=C1. The zero-order valence-electron chi connectivity index (χ0n) is 6.95. The third kappa shape index (κ3) is 2.58. The van der Waals surface area contributed by atoms with E-state index in [1.54, 1.807) is 6.08 Å². The molecule has 0 fully saturated rings. The number of rotatable bonds is 2. The maximum atomic E-state index is 12.8. The molecule has 11 heavy (non-hydrogen) atoms. The van der Waals surface area contributed by atoms with Gasteiger partial charge in [0.15, 0.2) is 0 Å². The van der Waals surface area contributed by atoms with Gasteiger partial charge < -0.3 is 0 Å². The summed E-state index contributed by atoms with van der Waals surface area (Å²) in [5.41, 5.74) is 1.27. The molecule has 0 aromatic carbocycles. The van der Waals surface area contributed by atoms with Gasteiger partial charge in [-0.3, -0.25) is 0 Å². The molecule has 0 saturated heterocycles. The third-order valence-electron chi connectivity index (χ3n) is 1.69. The van der Waals surface area contributed by atoms with Gasteiger partial charge in [-0.25, -0.2) is 0 Å². The molecular formula is C9H13FI-. The Morgan fingerprint density at radius 3 is 3.00 bits per heavy atom. The first-order valence-corrected chi connectivity index (χ1v) is 6.49. The van der Waals surface area contributed by atoms with Crippen molar-refractivity contribution in [3.05, 3.63) is 21.1 Å². The molecule has 0 saturated carbocycles. The molecule has 0 nitrogen and oxygen atoms in total. The summed E-state index contributed by atoms with van der Waals surface area (Å²) in [6.45, 7) is 4.29. The molecule has 0 N–H and O–H groups in total. The van der Waals surface area contributed by atoms with Crippen molar-refractivity contribution in [3.8, 4) is 0 Å². The van der Waals surface area contributed by atoms with Crippen LogP contribution in [0, 0.1) is 0 Å². The van der Waals surface area contributed by atoms with Gasteiger partial charge in [-0.15, -0.1) is 0 Å². The van der Waals surface area contributed by atoms with Crippen molar-refractivity contribution in [1.82, 2.24) is 0 Å². The van der Waals surface area contributed by atoms with E-state index in [2.05, 4.69) is 13.8 Å². The molecule has 0 spiro atoms. The number of halogens is 2. The van der Waals surface area contributed by atoms with E-state index < -0.39 is 0 Å². The maximum absolute atomic E-state index is 12.8. The molecule has 0 aromatic heterocycles. The van der Waals surface area contributed by atoms with E-state index in [1.165, 1.54) is 9.15 Å². The zero-order valence-corrected chi connectivity index (χ0v) is 9.11. The molecule has 1 heterocycles. The van der Waals surface area contributed by atoms with Crippen molar-refractivity contribution in [2.75, 3.05) is 4.43 Å². The topological polar surface area (TPSA) is 0 Å². The fourth-order valence-corrected chi connectivity index (χ4v) is 3.16. The van der Waals surface area contributed by atoms with Crippen LogP contribution in [0.15, 0.2) is 21.1 Å². The molecular weight excluding hydrogens is 254 g/mol. The summed E-state index contributed by atoms with van der Waals surface area (Å²) < 4.78 is 15.0. The first-order valence-electron chi connectivity index (χ1n) is 3.89. The standard InChI is InChI=1S/C9H13FI/c1-3-4-8-5-9(10)6-11-7(8)2/h5H,3-4,6H2,1-2H3/q-1. The monoisotopic (exact) mass is 267 g/mol. The summed E-state index contributed by atoms with van der Waals surface area (Å²) >= 11 is -0.00464. The molecule has 0 amide bonds. The second-order valence-corrected chi connectivity index (χ2v) is 5.81. The van der Waals surface area contributed by atoms with Crippen molar-refractivity contribution in [1.29, 1.82) is 0 Å². The van der Waals surface area contributed by atoms with Gasteiger partial charge >= 0.3 is 77.8 Å². The van der Waals surface area contributed by atoms with Gasteiger partial charge in [-0.05, 0) is 0 Å². The van der Waals surface area contributed by atoms with Crippen molar-refractivity contribution in [2.24, 2.45) is 0 Å².